The molecule has 0 unspecified atom stereocenters. The van der Waals surface area contributed by atoms with Gasteiger partial charge in [0.15, 0.2) is 5.78 Å². The van der Waals surface area contributed by atoms with Crippen LogP contribution < -0.4 is 0 Å². The maximum atomic E-state index is 11.3. The molecule has 0 aliphatic heterocycles. The van der Waals surface area contributed by atoms with Gasteiger partial charge < -0.3 is 15.3 Å². The third-order valence-corrected chi connectivity index (χ3v) is 1.65. The first-order chi connectivity index (χ1) is 6.56. The van der Waals surface area contributed by atoms with Crippen molar-refractivity contribution in [2.45, 2.75) is 6.92 Å². The number of hydrogen-bond acceptors (Lipinski definition) is 4. The highest BCUT2D eigenvalue weighted by atomic mass is 16.3. The first kappa shape index (κ1) is 10.1. The molecule has 0 fully saturated rings. The number of ketones is 1. The number of aromatic hydroxyl groups is 3. The van der Waals surface area contributed by atoms with E-state index in [2.05, 4.69) is 0 Å². The van der Waals surface area contributed by atoms with Crippen LogP contribution in [-0.4, -0.2) is 21.1 Å². The fourth-order valence-electron chi connectivity index (χ4n) is 1.08. The normalized spacial score (nSPS) is 10.6. The number of benzene rings is 1. The molecular formula is C10H10O4. The van der Waals surface area contributed by atoms with E-state index >= 15 is 0 Å². The molecule has 0 spiro atoms. The van der Waals surface area contributed by atoms with E-state index in [1.54, 1.807) is 6.92 Å². The molecule has 0 amide bonds. The van der Waals surface area contributed by atoms with E-state index in [-0.39, 0.29) is 11.3 Å². The molecule has 0 aromatic heterocycles. The zero-order valence-electron chi connectivity index (χ0n) is 7.56. The van der Waals surface area contributed by atoms with E-state index in [9.17, 15) is 15.0 Å². The Bertz CT molecular complexity index is 370. The number of allylic oxidation sites excluding steroid dienone is 2. The lowest BCUT2D eigenvalue weighted by Crippen LogP contribution is -1.95. The van der Waals surface area contributed by atoms with Crippen LogP contribution in [-0.2, 0) is 0 Å². The minimum Gasteiger partial charge on any atom is -0.508 e. The maximum absolute atomic E-state index is 11.3. The molecule has 4 nitrogen and oxygen atoms in total. The summed E-state index contributed by atoms with van der Waals surface area (Å²) in [4.78, 5) is 11.3. The summed E-state index contributed by atoms with van der Waals surface area (Å²) in [7, 11) is 0. The molecule has 0 aliphatic carbocycles. The summed E-state index contributed by atoms with van der Waals surface area (Å²) in [6, 6.07) is 1.99. The monoisotopic (exact) mass is 194 g/mol. The van der Waals surface area contributed by atoms with E-state index in [1.165, 1.54) is 12.2 Å². The van der Waals surface area contributed by atoms with Gasteiger partial charge in [-0.15, -0.1) is 0 Å². The highest BCUT2D eigenvalue weighted by molar-refractivity contribution is 6.08. The number of phenolic OH excluding ortho intramolecular Hbond substituents is 3. The average Bonchev–Trinajstić information content (AvgIpc) is 2.01. The zero-order chi connectivity index (χ0) is 10.7. The van der Waals surface area contributed by atoms with E-state index in [4.69, 9.17) is 5.11 Å². The molecule has 74 valence electrons. The second kappa shape index (κ2) is 3.83. The summed E-state index contributed by atoms with van der Waals surface area (Å²) < 4.78 is 0. The molecule has 14 heavy (non-hydrogen) atoms. The average molecular weight is 194 g/mol. The number of phenols is 3. The van der Waals surface area contributed by atoms with Crippen molar-refractivity contribution in [3.8, 4) is 17.2 Å². The van der Waals surface area contributed by atoms with Crippen LogP contribution in [0, 0.1) is 0 Å². The van der Waals surface area contributed by atoms with Gasteiger partial charge in [-0.1, -0.05) is 6.08 Å². The van der Waals surface area contributed by atoms with E-state index in [1.807, 2.05) is 0 Å². The highest BCUT2D eigenvalue weighted by Crippen LogP contribution is 2.32. The lowest BCUT2D eigenvalue weighted by molar-refractivity contribution is 0.104. The quantitative estimate of drug-likeness (QED) is 0.493. The first-order valence-corrected chi connectivity index (χ1v) is 3.98. The Morgan fingerprint density at radius 2 is 1.71 bits per heavy atom. The topological polar surface area (TPSA) is 77.8 Å². The molecule has 1 aromatic rings. The van der Waals surface area contributed by atoms with E-state index in [0.29, 0.717) is 0 Å². The Morgan fingerprint density at radius 1 is 1.21 bits per heavy atom. The highest BCUT2D eigenvalue weighted by Gasteiger charge is 2.14. The molecule has 0 bridgehead atoms. The lowest BCUT2D eigenvalue weighted by Gasteiger charge is -2.04. The van der Waals surface area contributed by atoms with Crippen LogP contribution in [0.5, 0.6) is 17.2 Å². The van der Waals surface area contributed by atoms with Crippen LogP contribution in [0.4, 0.5) is 0 Å². The van der Waals surface area contributed by atoms with Crippen molar-refractivity contribution in [1.82, 2.24) is 0 Å². The van der Waals surface area contributed by atoms with E-state index in [0.717, 1.165) is 12.1 Å². The first-order valence-electron chi connectivity index (χ1n) is 3.98. The van der Waals surface area contributed by atoms with Crippen molar-refractivity contribution in [2.24, 2.45) is 0 Å². The minimum atomic E-state index is -0.512. The molecule has 3 N–H and O–H groups in total. The van der Waals surface area contributed by atoms with E-state index < -0.39 is 17.3 Å². The molecule has 0 radical (unpaired) electrons. The lowest BCUT2D eigenvalue weighted by atomic mass is 10.1. The van der Waals surface area contributed by atoms with Gasteiger partial charge in [0.2, 0.25) is 0 Å². The number of carbonyl (C=O) groups is 1. The zero-order valence-corrected chi connectivity index (χ0v) is 7.56. The second-order valence-electron chi connectivity index (χ2n) is 2.72. The van der Waals surface area contributed by atoms with Gasteiger partial charge >= 0.3 is 0 Å². The fraction of sp³-hybridized carbons (Fsp3) is 0.100. The third kappa shape index (κ3) is 1.85. The van der Waals surface area contributed by atoms with Crippen LogP contribution in [0.1, 0.15) is 17.3 Å². The summed E-state index contributed by atoms with van der Waals surface area (Å²) in [6.07, 6.45) is 2.71. The molecule has 0 atom stereocenters. The summed E-state index contributed by atoms with van der Waals surface area (Å²) in [5, 5.41) is 27.6. The minimum absolute atomic E-state index is 0.207. The predicted octanol–water partition coefficient (Wildman–Crippen LogP) is 1.56. The Morgan fingerprint density at radius 3 is 2.14 bits per heavy atom. The van der Waals surface area contributed by atoms with Crippen LogP contribution in [0.25, 0.3) is 0 Å². The number of rotatable bonds is 2. The SMILES string of the molecule is C/C=C/C(=O)c1c(O)cc(O)cc1O. The van der Waals surface area contributed by atoms with Crippen molar-refractivity contribution >= 4 is 5.78 Å². The summed E-state index contributed by atoms with van der Waals surface area (Å²) in [6.45, 7) is 1.65. The van der Waals surface area contributed by atoms with Gasteiger partial charge in [0.1, 0.15) is 22.8 Å². The van der Waals surface area contributed by atoms with Crippen molar-refractivity contribution in [3.63, 3.8) is 0 Å². The van der Waals surface area contributed by atoms with Crippen molar-refractivity contribution in [3.05, 3.63) is 29.8 Å². The van der Waals surface area contributed by atoms with Gasteiger partial charge in [-0.25, -0.2) is 0 Å². The summed E-state index contributed by atoms with van der Waals surface area (Å²) in [5.41, 5.74) is -0.207. The predicted molar refractivity (Wildman–Crippen MR) is 50.6 cm³/mol. The van der Waals surface area contributed by atoms with Gasteiger partial charge in [-0.05, 0) is 13.0 Å². The number of hydrogen-bond donors (Lipinski definition) is 3. The Labute approximate surface area is 80.7 Å². The molecule has 1 aromatic carbocycles. The molecular weight excluding hydrogens is 184 g/mol. The van der Waals surface area contributed by atoms with Crippen molar-refractivity contribution in [2.75, 3.05) is 0 Å². The molecule has 0 saturated carbocycles. The van der Waals surface area contributed by atoms with Gasteiger partial charge in [0, 0.05) is 12.1 Å². The molecule has 4 heteroatoms. The fourth-order valence-corrected chi connectivity index (χ4v) is 1.08. The van der Waals surface area contributed by atoms with Crippen LogP contribution in [0.2, 0.25) is 0 Å². The van der Waals surface area contributed by atoms with Gasteiger partial charge in [0.25, 0.3) is 0 Å². The van der Waals surface area contributed by atoms with Gasteiger partial charge in [0.05, 0.1) is 0 Å². The third-order valence-electron chi connectivity index (χ3n) is 1.65. The second-order valence-corrected chi connectivity index (χ2v) is 2.72. The largest absolute Gasteiger partial charge is 0.508 e. The maximum Gasteiger partial charge on any atom is 0.192 e. The smallest absolute Gasteiger partial charge is 0.192 e. The van der Waals surface area contributed by atoms with Gasteiger partial charge in [-0.3, -0.25) is 4.79 Å². The van der Waals surface area contributed by atoms with Crippen LogP contribution in [0.3, 0.4) is 0 Å². The Kier molecular flexibility index (Phi) is 2.76. The Balaban J connectivity index is 3.27. The van der Waals surface area contributed by atoms with Crippen LogP contribution in [0.15, 0.2) is 24.3 Å². The Hall–Kier alpha value is -1.97. The summed E-state index contributed by atoms with van der Waals surface area (Å²) in [5.74, 6) is -1.68. The van der Waals surface area contributed by atoms with Gasteiger partial charge in [-0.2, -0.15) is 0 Å². The number of carbonyl (C=O) groups excluding carboxylic acids is 1. The molecule has 0 aliphatic rings. The van der Waals surface area contributed by atoms with Crippen molar-refractivity contribution in [1.29, 1.82) is 0 Å². The standard InChI is InChI=1S/C10H10O4/c1-2-3-7(12)10-8(13)4-6(11)5-9(10)14/h2-5,11,13-14H,1H3/b3-2+. The molecule has 0 heterocycles. The van der Waals surface area contributed by atoms with Crippen molar-refractivity contribution < 1.29 is 20.1 Å². The molecule has 1 rings (SSSR count). The van der Waals surface area contributed by atoms with Crippen LogP contribution >= 0.6 is 0 Å². The summed E-state index contributed by atoms with van der Waals surface area (Å²) >= 11 is 0. The molecule has 0 saturated heterocycles.